The van der Waals surface area contributed by atoms with Gasteiger partial charge in [0.05, 0.1) is 29.1 Å². The molecule has 0 spiro atoms. The second kappa shape index (κ2) is 9.52. The van der Waals surface area contributed by atoms with Crippen LogP contribution >= 0.6 is 0 Å². The van der Waals surface area contributed by atoms with Crippen LogP contribution in [0.4, 0.5) is 10.3 Å². The van der Waals surface area contributed by atoms with E-state index in [2.05, 4.69) is 9.97 Å². The highest BCUT2D eigenvalue weighted by molar-refractivity contribution is 5.93. The molecule has 1 N–H and O–H groups in total. The van der Waals surface area contributed by atoms with E-state index in [1.54, 1.807) is 23.2 Å². The molecule has 0 radical (unpaired) electrons. The molecule has 8 heteroatoms. The summed E-state index contributed by atoms with van der Waals surface area (Å²) in [6.07, 6.45) is 5.59. The zero-order valence-electron chi connectivity index (χ0n) is 18.9. The number of carbonyl (C=O) groups is 1. The molecular weight excluding hydrogens is 421 g/mol. The van der Waals surface area contributed by atoms with Gasteiger partial charge in [-0.25, -0.2) is 14.4 Å². The van der Waals surface area contributed by atoms with E-state index in [9.17, 15) is 14.3 Å². The number of rotatable bonds is 6. The van der Waals surface area contributed by atoms with E-state index in [-0.39, 0.29) is 11.7 Å². The van der Waals surface area contributed by atoms with Crippen LogP contribution in [-0.4, -0.2) is 57.0 Å². The van der Waals surface area contributed by atoms with Crippen molar-refractivity contribution in [3.63, 3.8) is 0 Å². The molecule has 172 valence electrons. The molecule has 1 amide bonds. The number of piperidine rings is 1. The number of nitrogens with zero attached hydrogens (tertiary/aromatic N) is 5. The average Bonchev–Trinajstić information content (AvgIpc) is 2.85. The summed E-state index contributed by atoms with van der Waals surface area (Å²) in [4.78, 5) is 29.6. The first-order valence-electron chi connectivity index (χ1n) is 11.2. The standard InChI is InChI=1S/C25H28FN5O2/c1-3-30(4-2)23(33)18-9-10-22(27-14-18)25(19-7-5-8-21(32)13-19)11-6-12-31(17-25)24-28-15-20(26)16-29-24/h5,7-10,13-16,32H,3-4,6,11-12,17H2,1-2H3. The number of hydrogen-bond acceptors (Lipinski definition) is 6. The Bertz CT molecular complexity index is 1100. The van der Waals surface area contributed by atoms with Crippen LogP contribution in [0.15, 0.2) is 55.0 Å². The van der Waals surface area contributed by atoms with E-state index in [0.29, 0.717) is 31.1 Å². The van der Waals surface area contributed by atoms with Gasteiger partial charge in [0, 0.05) is 32.4 Å². The van der Waals surface area contributed by atoms with Crippen LogP contribution in [0, 0.1) is 5.82 Å². The van der Waals surface area contributed by atoms with E-state index >= 15 is 0 Å². The Morgan fingerprint density at radius 3 is 2.52 bits per heavy atom. The van der Waals surface area contributed by atoms with E-state index in [1.165, 1.54) is 12.4 Å². The number of benzene rings is 1. The topological polar surface area (TPSA) is 82.5 Å². The minimum Gasteiger partial charge on any atom is -0.508 e. The van der Waals surface area contributed by atoms with Gasteiger partial charge in [-0.3, -0.25) is 9.78 Å². The van der Waals surface area contributed by atoms with E-state index < -0.39 is 11.2 Å². The van der Waals surface area contributed by atoms with Crippen LogP contribution in [0.3, 0.4) is 0 Å². The van der Waals surface area contributed by atoms with Crippen LogP contribution in [-0.2, 0) is 5.41 Å². The van der Waals surface area contributed by atoms with E-state index in [0.717, 1.165) is 30.6 Å². The van der Waals surface area contributed by atoms with Gasteiger partial charge in [0.1, 0.15) is 5.75 Å². The first-order valence-corrected chi connectivity index (χ1v) is 11.2. The second-order valence-electron chi connectivity index (χ2n) is 8.27. The molecule has 1 aliphatic heterocycles. The van der Waals surface area contributed by atoms with Gasteiger partial charge >= 0.3 is 0 Å². The molecule has 2 aromatic heterocycles. The molecule has 0 bridgehead atoms. The third-order valence-electron chi connectivity index (χ3n) is 6.33. The summed E-state index contributed by atoms with van der Waals surface area (Å²) in [5.41, 5.74) is 1.72. The SMILES string of the molecule is CCN(CC)C(=O)c1ccc(C2(c3cccc(O)c3)CCCN(c3ncc(F)cn3)C2)nc1. The summed E-state index contributed by atoms with van der Waals surface area (Å²) in [6, 6.07) is 10.9. The number of hydrogen-bond donors (Lipinski definition) is 1. The fraction of sp³-hybridized carbons (Fsp3) is 0.360. The van der Waals surface area contributed by atoms with Crippen LogP contribution in [0.2, 0.25) is 0 Å². The first-order chi connectivity index (χ1) is 16.0. The number of pyridine rings is 1. The lowest BCUT2D eigenvalue weighted by Crippen LogP contribution is -2.48. The van der Waals surface area contributed by atoms with Gasteiger partial charge < -0.3 is 14.9 Å². The van der Waals surface area contributed by atoms with Crippen molar-refractivity contribution < 1.29 is 14.3 Å². The highest BCUT2D eigenvalue weighted by Gasteiger charge is 2.41. The minimum atomic E-state index is -0.550. The molecule has 0 aliphatic carbocycles. The molecule has 0 saturated carbocycles. The number of amides is 1. The Balaban J connectivity index is 1.74. The van der Waals surface area contributed by atoms with E-state index in [1.807, 2.05) is 43.0 Å². The third kappa shape index (κ3) is 4.51. The number of halogens is 1. The molecular formula is C25H28FN5O2. The molecule has 7 nitrogen and oxygen atoms in total. The number of anilines is 1. The van der Waals surface area contributed by atoms with Crippen molar-refractivity contribution in [3.8, 4) is 5.75 Å². The monoisotopic (exact) mass is 449 g/mol. The summed E-state index contributed by atoms with van der Waals surface area (Å²) in [5, 5.41) is 10.2. The zero-order valence-corrected chi connectivity index (χ0v) is 18.9. The van der Waals surface area contributed by atoms with Crippen molar-refractivity contribution >= 4 is 11.9 Å². The van der Waals surface area contributed by atoms with Crippen molar-refractivity contribution in [2.45, 2.75) is 32.1 Å². The van der Waals surface area contributed by atoms with Crippen molar-refractivity contribution in [2.24, 2.45) is 0 Å². The van der Waals surface area contributed by atoms with Gasteiger partial charge in [-0.2, -0.15) is 0 Å². The molecule has 3 aromatic rings. The molecule has 3 heterocycles. The highest BCUT2D eigenvalue weighted by Crippen LogP contribution is 2.41. The predicted molar refractivity (Wildman–Crippen MR) is 124 cm³/mol. The van der Waals surface area contributed by atoms with Gasteiger partial charge in [0.25, 0.3) is 5.91 Å². The summed E-state index contributed by atoms with van der Waals surface area (Å²) in [5.74, 6) is 0.102. The second-order valence-corrected chi connectivity index (χ2v) is 8.27. The molecule has 1 unspecified atom stereocenters. The van der Waals surface area contributed by atoms with E-state index in [4.69, 9.17) is 4.98 Å². The van der Waals surface area contributed by atoms with Gasteiger partial charge in [0.15, 0.2) is 5.82 Å². The van der Waals surface area contributed by atoms with Crippen LogP contribution in [0.25, 0.3) is 0 Å². The van der Waals surface area contributed by atoms with Crippen molar-refractivity contribution in [2.75, 3.05) is 31.1 Å². The Hall–Kier alpha value is -3.55. The smallest absolute Gasteiger partial charge is 0.255 e. The van der Waals surface area contributed by atoms with Gasteiger partial charge in [-0.05, 0) is 56.5 Å². The zero-order chi connectivity index (χ0) is 23.4. The molecule has 4 rings (SSSR count). The fourth-order valence-electron chi connectivity index (χ4n) is 4.59. The van der Waals surface area contributed by atoms with Gasteiger partial charge in [-0.1, -0.05) is 12.1 Å². The quantitative estimate of drug-likeness (QED) is 0.617. The molecule has 1 aromatic carbocycles. The lowest BCUT2D eigenvalue weighted by molar-refractivity contribution is 0.0772. The molecule has 1 saturated heterocycles. The molecule has 1 aliphatic rings. The minimum absolute atomic E-state index is 0.0459. The summed E-state index contributed by atoms with van der Waals surface area (Å²) in [6.45, 7) is 6.42. The number of phenolic OH excluding ortho intramolecular Hbond substituents is 1. The number of carbonyl (C=O) groups excluding carboxylic acids is 1. The summed E-state index contributed by atoms with van der Waals surface area (Å²) < 4.78 is 13.4. The first kappa shape index (κ1) is 22.6. The van der Waals surface area contributed by atoms with Gasteiger partial charge in [0.2, 0.25) is 5.95 Å². The Labute approximate surface area is 192 Å². The molecule has 33 heavy (non-hydrogen) atoms. The number of aromatic nitrogens is 3. The Morgan fingerprint density at radius 2 is 1.88 bits per heavy atom. The fourth-order valence-corrected chi connectivity index (χ4v) is 4.59. The predicted octanol–water partition coefficient (Wildman–Crippen LogP) is 3.78. The molecule has 1 fully saturated rings. The van der Waals surface area contributed by atoms with Crippen molar-refractivity contribution in [1.29, 1.82) is 0 Å². The maximum absolute atomic E-state index is 13.4. The lowest BCUT2D eigenvalue weighted by Gasteiger charge is -2.43. The lowest BCUT2D eigenvalue weighted by atomic mass is 9.71. The largest absolute Gasteiger partial charge is 0.508 e. The maximum Gasteiger partial charge on any atom is 0.255 e. The van der Waals surface area contributed by atoms with Crippen molar-refractivity contribution in [3.05, 3.63) is 77.6 Å². The molecule has 1 atom stereocenters. The normalized spacial score (nSPS) is 18.2. The van der Waals surface area contributed by atoms with Crippen molar-refractivity contribution in [1.82, 2.24) is 19.9 Å². The summed E-state index contributed by atoms with van der Waals surface area (Å²) in [7, 11) is 0. The Kier molecular flexibility index (Phi) is 6.53. The average molecular weight is 450 g/mol. The number of aromatic hydroxyl groups is 1. The number of phenols is 1. The van der Waals surface area contributed by atoms with Gasteiger partial charge in [-0.15, -0.1) is 0 Å². The van der Waals surface area contributed by atoms with Crippen LogP contribution in [0.1, 0.15) is 48.3 Å². The van der Waals surface area contributed by atoms with Crippen LogP contribution in [0.5, 0.6) is 5.75 Å². The third-order valence-corrected chi connectivity index (χ3v) is 6.33. The summed E-state index contributed by atoms with van der Waals surface area (Å²) >= 11 is 0. The maximum atomic E-state index is 13.4. The highest BCUT2D eigenvalue weighted by atomic mass is 19.1. The van der Waals surface area contributed by atoms with Crippen LogP contribution < -0.4 is 4.90 Å². The Morgan fingerprint density at radius 1 is 1.12 bits per heavy atom.